The van der Waals surface area contributed by atoms with Crippen LogP contribution in [0, 0.1) is 6.92 Å². The van der Waals surface area contributed by atoms with Crippen molar-refractivity contribution in [3.8, 4) is 11.5 Å². The number of furan rings is 1. The lowest BCUT2D eigenvalue weighted by Crippen LogP contribution is -2.08. The van der Waals surface area contributed by atoms with Crippen molar-refractivity contribution in [2.45, 2.75) is 26.7 Å². The van der Waals surface area contributed by atoms with Crippen LogP contribution in [0.4, 0.5) is 0 Å². The topological polar surface area (TPSA) is 65.7 Å². The number of Topliss-reactive ketones (excluding diaryl/α,β-unsaturated/α-hetero) is 1. The van der Waals surface area contributed by atoms with Crippen molar-refractivity contribution in [3.63, 3.8) is 0 Å². The van der Waals surface area contributed by atoms with E-state index >= 15 is 0 Å². The molecule has 0 bridgehead atoms. The van der Waals surface area contributed by atoms with Gasteiger partial charge in [0.25, 0.3) is 0 Å². The number of hydrogen-bond acceptors (Lipinski definition) is 5. The van der Waals surface area contributed by atoms with Gasteiger partial charge < -0.3 is 13.9 Å². The standard InChI is InChI=1S/C28H21BrO5/c1-15(2)18-6-4-17(5-7-18)12-24-26(30)21-9-11-22(16(3)27(21)33-24)34-28(31)25-14-19-13-20(29)8-10-23(19)32-25/h4-15H,1-3H3/b24-12-. The third-order valence-electron chi connectivity index (χ3n) is 5.82. The first-order chi connectivity index (χ1) is 16.3. The predicted octanol–water partition coefficient (Wildman–Crippen LogP) is 7.46. The number of fused-ring (bicyclic) bond motifs is 2. The lowest BCUT2D eigenvalue weighted by molar-refractivity contribution is 0.0702. The van der Waals surface area contributed by atoms with Crippen LogP contribution < -0.4 is 9.47 Å². The molecule has 1 aliphatic rings. The van der Waals surface area contributed by atoms with E-state index in [9.17, 15) is 9.59 Å². The maximum Gasteiger partial charge on any atom is 0.379 e. The highest BCUT2D eigenvalue weighted by atomic mass is 79.9. The van der Waals surface area contributed by atoms with Crippen LogP contribution in [0.1, 0.15) is 57.4 Å². The summed E-state index contributed by atoms with van der Waals surface area (Å²) in [5.74, 6) is 0.639. The van der Waals surface area contributed by atoms with Gasteiger partial charge in [0.1, 0.15) is 17.1 Å². The van der Waals surface area contributed by atoms with E-state index in [1.165, 1.54) is 5.56 Å². The van der Waals surface area contributed by atoms with E-state index in [-0.39, 0.29) is 17.3 Å². The summed E-state index contributed by atoms with van der Waals surface area (Å²) in [5.41, 5.74) is 3.70. The summed E-state index contributed by atoms with van der Waals surface area (Å²) in [6.45, 7) is 6.02. The maximum atomic E-state index is 12.9. The summed E-state index contributed by atoms with van der Waals surface area (Å²) in [7, 11) is 0. The van der Waals surface area contributed by atoms with Gasteiger partial charge in [-0.05, 0) is 66.4 Å². The van der Waals surface area contributed by atoms with E-state index < -0.39 is 5.97 Å². The molecule has 0 amide bonds. The Kier molecular flexibility index (Phi) is 5.62. The minimum absolute atomic E-state index is 0.0930. The summed E-state index contributed by atoms with van der Waals surface area (Å²) in [4.78, 5) is 25.6. The van der Waals surface area contributed by atoms with E-state index in [1.54, 1.807) is 37.3 Å². The molecule has 0 saturated carbocycles. The largest absolute Gasteiger partial charge is 0.452 e. The molecule has 0 N–H and O–H groups in total. The van der Waals surface area contributed by atoms with Crippen LogP contribution in [0.2, 0.25) is 0 Å². The summed E-state index contributed by atoms with van der Waals surface area (Å²) >= 11 is 3.41. The number of ether oxygens (including phenoxy) is 2. The van der Waals surface area contributed by atoms with Crippen LogP contribution >= 0.6 is 15.9 Å². The zero-order chi connectivity index (χ0) is 24.0. The van der Waals surface area contributed by atoms with Crippen molar-refractivity contribution in [3.05, 3.63) is 98.9 Å². The first kappa shape index (κ1) is 22.2. The number of ketones is 1. The number of halogens is 1. The second-order valence-corrected chi connectivity index (χ2v) is 9.42. The first-order valence-corrected chi connectivity index (χ1v) is 11.7. The Morgan fingerprint density at radius 3 is 2.53 bits per heavy atom. The van der Waals surface area contributed by atoms with Crippen LogP contribution in [-0.4, -0.2) is 11.8 Å². The molecule has 0 saturated heterocycles. The fourth-order valence-electron chi connectivity index (χ4n) is 3.87. The molecular formula is C28H21BrO5. The van der Waals surface area contributed by atoms with Crippen molar-refractivity contribution in [1.82, 2.24) is 0 Å². The maximum absolute atomic E-state index is 12.9. The highest BCUT2D eigenvalue weighted by Gasteiger charge is 2.31. The van der Waals surface area contributed by atoms with Crippen LogP contribution in [0.3, 0.4) is 0 Å². The summed E-state index contributed by atoms with van der Waals surface area (Å²) in [5, 5.41) is 0.789. The van der Waals surface area contributed by atoms with Crippen LogP contribution in [0.25, 0.3) is 17.0 Å². The lowest BCUT2D eigenvalue weighted by Gasteiger charge is -2.09. The minimum atomic E-state index is -0.624. The molecule has 5 nitrogen and oxygen atoms in total. The number of rotatable bonds is 4. The van der Waals surface area contributed by atoms with Gasteiger partial charge in [-0.15, -0.1) is 0 Å². The molecule has 0 spiro atoms. The van der Waals surface area contributed by atoms with Gasteiger partial charge in [0.2, 0.25) is 11.5 Å². The molecule has 3 aromatic carbocycles. The van der Waals surface area contributed by atoms with Gasteiger partial charge in [-0.2, -0.15) is 0 Å². The van der Waals surface area contributed by atoms with Gasteiger partial charge in [-0.3, -0.25) is 4.79 Å². The molecule has 0 unspecified atom stereocenters. The lowest BCUT2D eigenvalue weighted by atomic mass is 10.0. The molecule has 170 valence electrons. The first-order valence-electron chi connectivity index (χ1n) is 10.9. The fourth-order valence-corrected chi connectivity index (χ4v) is 4.25. The molecule has 1 aliphatic heterocycles. The summed E-state index contributed by atoms with van der Waals surface area (Å²) < 4.78 is 18.0. The van der Waals surface area contributed by atoms with Crippen molar-refractivity contribution < 1.29 is 23.5 Å². The van der Waals surface area contributed by atoms with E-state index in [0.717, 1.165) is 15.4 Å². The quantitative estimate of drug-likeness (QED) is 0.160. The second-order valence-electron chi connectivity index (χ2n) is 8.51. The van der Waals surface area contributed by atoms with Crippen LogP contribution in [0.5, 0.6) is 11.5 Å². The van der Waals surface area contributed by atoms with E-state index in [1.807, 2.05) is 36.4 Å². The van der Waals surface area contributed by atoms with Crippen molar-refractivity contribution in [2.24, 2.45) is 0 Å². The average molecular weight is 517 g/mol. The smallest absolute Gasteiger partial charge is 0.379 e. The molecule has 4 aromatic rings. The van der Waals surface area contributed by atoms with Gasteiger partial charge in [0.15, 0.2) is 5.76 Å². The molecule has 0 radical (unpaired) electrons. The van der Waals surface area contributed by atoms with Crippen molar-refractivity contribution in [1.29, 1.82) is 0 Å². The monoisotopic (exact) mass is 516 g/mol. The molecule has 5 rings (SSSR count). The minimum Gasteiger partial charge on any atom is -0.452 e. The number of allylic oxidation sites excluding steroid dienone is 1. The van der Waals surface area contributed by atoms with Gasteiger partial charge in [-0.25, -0.2) is 4.79 Å². The van der Waals surface area contributed by atoms with Crippen LogP contribution in [0.15, 0.2) is 75.3 Å². The Balaban J connectivity index is 1.39. The van der Waals surface area contributed by atoms with E-state index in [0.29, 0.717) is 34.1 Å². The van der Waals surface area contributed by atoms with Gasteiger partial charge in [-0.1, -0.05) is 54.0 Å². The molecule has 0 atom stereocenters. The third kappa shape index (κ3) is 4.05. The molecule has 6 heteroatoms. The Hall–Kier alpha value is -3.64. The van der Waals surface area contributed by atoms with Crippen molar-refractivity contribution >= 4 is 44.7 Å². The summed E-state index contributed by atoms with van der Waals surface area (Å²) in [6, 6.07) is 18.4. The van der Waals surface area contributed by atoms with Crippen molar-refractivity contribution in [2.75, 3.05) is 0 Å². The Bertz CT molecular complexity index is 1470. The number of esters is 1. The SMILES string of the molecule is Cc1c(OC(=O)c2cc3cc(Br)ccc3o2)ccc2c1O/C(=C\c1ccc(C(C)C)cc1)C2=O. The summed E-state index contributed by atoms with van der Waals surface area (Å²) in [6.07, 6.45) is 1.73. The fraction of sp³-hybridized carbons (Fsp3) is 0.143. The molecular weight excluding hydrogens is 496 g/mol. The highest BCUT2D eigenvalue weighted by molar-refractivity contribution is 9.10. The Morgan fingerprint density at radius 1 is 1.03 bits per heavy atom. The van der Waals surface area contributed by atoms with E-state index in [2.05, 4.69) is 29.8 Å². The number of carbonyl (C=O) groups is 2. The van der Waals surface area contributed by atoms with Gasteiger partial charge in [0, 0.05) is 15.4 Å². The van der Waals surface area contributed by atoms with Crippen LogP contribution in [-0.2, 0) is 0 Å². The molecule has 0 aliphatic carbocycles. The normalized spacial score (nSPS) is 14.0. The Labute approximate surface area is 205 Å². The number of carbonyl (C=O) groups excluding carboxylic acids is 2. The van der Waals surface area contributed by atoms with E-state index in [4.69, 9.17) is 13.9 Å². The third-order valence-corrected chi connectivity index (χ3v) is 6.31. The molecule has 2 heterocycles. The second kappa shape index (κ2) is 8.61. The zero-order valence-electron chi connectivity index (χ0n) is 18.8. The average Bonchev–Trinajstić information content (AvgIpc) is 3.37. The molecule has 0 fully saturated rings. The predicted molar refractivity (Wildman–Crippen MR) is 134 cm³/mol. The highest BCUT2D eigenvalue weighted by Crippen LogP contribution is 2.39. The van der Waals surface area contributed by atoms with Gasteiger partial charge >= 0.3 is 5.97 Å². The molecule has 1 aromatic heterocycles. The number of hydrogen-bond donors (Lipinski definition) is 0. The molecule has 34 heavy (non-hydrogen) atoms. The Morgan fingerprint density at radius 2 is 1.79 bits per heavy atom. The zero-order valence-corrected chi connectivity index (χ0v) is 20.4. The number of benzene rings is 3. The van der Waals surface area contributed by atoms with Gasteiger partial charge in [0.05, 0.1) is 5.56 Å².